The number of piperidine rings is 1. The fourth-order valence-electron chi connectivity index (χ4n) is 4.11. The normalized spacial score (nSPS) is 14.6. The summed E-state index contributed by atoms with van der Waals surface area (Å²) in [5.41, 5.74) is 1.63. The van der Waals surface area contributed by atoms with Crippen molar-refractivity contribution in [3.05, 3.63) is 45.1 Å². The molecular formula is C22H27BrN8O2. The van der Waals surface area contributed by atoms with E-state index >= 15 is 0 Å². The highest BCUT2D eigenvalue weighted by Gasteiger charge is 2.28. The van der Waals surface area contributed by atoms with Crippen molar-refractivity contribution in [1.29, 1.82) is 0 Å². The van der Waals surface area contributed by atoms with Gasteiger partial charge >= 0.3 is 0 Å². The number of amides is 1. The highest BCUT2D eigenvalue weighted by atomic mass is 79.9. The third-order valence-corrected chi connectivity index (χ3v) is 6.81. The fourth-order valence-corrected chi connectivity index (χ4v) is 4.75. The lowest BCUT2D eigenvalue weighted by Gasteiger charge is -2.35. The first-order chi connectivity index (χ1) is 15.8. The van der Waals surface area contributed by atoms with Crippen LogP contribution in [0.1, 0.15) is 28.9 Å². The Hall–Kier alpha value is -3.18. The van der Waals surface area contributed by atoms with E-state index in [1.165, 1.54) is 6.33 Å². The summed E-state index contributed by atoms with van der Waals surface area (Å²) in [6, 6.07) is 2.17. The van der Waals surface area contributed by atoms with Gasteiger partial charge in [-0.15, -0.1) is 0 Å². The summed E-state index contributed by atoms with van der Waals surface area (Å²) in [6.45, 7) is 5.17. The van der Waals surface area contributed by atoms with Crippen LogP contribution in [-0.4, -0.2) is 75.9 Å². The molecule has 10 nitrogen and oxygen atoms in total. The molecule has 1 amide bonds. The molecule has 33 heavy (non-hydrogen) atoms. The molecule has 1 saturated heterocycles. The first-order valence-electron chi connectivity index (χ1n) is 10.7. The second kappa shape index (κ2) is 9.36. The minimum atomic E-state index is -0.316. The lowest BCUT2D eigenvalue weighted by molar-refractivity contribution is 0.0657. The Labute approximate surface area is 199 Å². The number of hydrogen-bond donors (Lipinski definition) is 4. The number of hydrogen-bond acceptors (Lipinski definition) is 7. The van der Waals surface area contributed by atoms with E-state index in [2.05, 4.69) is 72.1 Å². The van der Waals surface area contributed by atoms with E-state index in [0.717, 1.165) is 18.4 Å². The zero-order valence-electron chi connectivity index (χ0n) is 18.8. The van der Waals surface area contributed by atoms with Crippen molar-refractivity contribution >= 4 is 56.3 Å². The molecule has 4 heterocycles. The predicted octanol–water partition coefficient (Wildman–Crippen LogP) is 3.00. The van der Waals surface area contributed by atoms with Gasteiger partial charge in [0, 0.05) is 31.7 Å². The summed E-state index contributed by atoms with van der Waals surface area (Å²) in [4.78, 5) is 44.4. The number of rotatable bonds is 6. The van der Waals surface area contributed by atoms with Gasteiger partial charge in [0.25, 0.3) is 11.5 Å². The monoisotopic (exact) mass is 514 g/mol. The Morgan fingerprint density at radius 1 is 1.30 bits per heavy atom. The molecule has 0 spiro atoms. The maximum Gasteiger partial charge on any atom is 0.273 e. The number of nitrogens with zero attached hydrogens (tertiary/aromatic N) is 4. The summed E-state index contributed by atoms with van der Waals surface area (Å²) in [7, 11) is 5.86. The molecule has 0 aromatic carbocycles. The molecule has 0 aliphatic carbocycles. The molecule has 1 aliphatic rings. The Bertz CT molecular complexity index is 1260. The maximum absolute atomic E-state index is 13.3. The van der Waals surface area contributed by atoms with Gasteiger partial charge in [-0.25, -0.2) is 9.97 Å². The zero-order chi connectivity index (χ0) is 23.7. The summed E-state index contributed by atoms with van der Waals surface area (Å²) in [5, 5.41) is 6.62. The van der Waals surface area contributed by atoms with Crippen molar-refractivity contribution in [3.63, 3.8) is 0 Å². The van der Waals surface area contributed by atoms with Crippen LogP contribution in [0, 0.1) is 0 Å². The summed E-state index contributed by atoms with van der Waals surface area (Å²) in [6.07, 6.45) is 4.89. The summed E-state index contributed by atoms with van der Waals surface area (Å²) in [5.74, 6) is 0.890. The van der Waals surface area contributed by atoms with Gasteiger partial charge in [-0.3, -0.25) is 9.59 Å². The molecule has 0 atom stereocenters. The highest BCUT2D eigenvalue weighted by molar-refractivity contribution is 9.10. The van der Waals surface area contributed by atoms with E-state index in [4.69, 9.17) is 0 Å². The number of H-pyrrole nitrogens is 2. The van der Waals surface area contributed by atoms with E-state index in [1.807, 2.05) is 4.90 Å². The van der Waals surface area contributed by atoms with Gasteiger partial charge in [-0.1, -0.05) is 12.7 Å². The molecule has 3 aromatic heterocycles. The largest absolute Gasteiger partial charge is 0.374 e. The lowest BCUT2D eigenvalue weighted by Crippen LogP contribution is -2.44. The van der Waals surface area contributed by atoms with Crippen LogP contribution in [-0.2, 0) is 0 Å². The molecule has 0 unspecified atom stereocenters. The molecule has 3 aromatic rings. The van der Waals surface area contributed by atoms with Crippen molar-refractivity contribution < 1.29 is 4.79 Å². The van der Waals surface area contributed by atoms with Crippen LogP contribution in [0.4, 0.5) is 17.3 Å². The Morgan fingerprint density at radius 3 is 2.67 bits per heavy atom. The number of aromatic amines is 2. The maximum atomic E-state index is 13.3. The number of carbonyl (C=O) groups is 1. The number of halogens is 1. The Balaban J connectivity index is 1.66. The van der Waals surface area contributed by atoms with E-state index < -0.39 is 0 Å². The van der Waals surface area contributed by atoms with Gasteiger partial charge in [0.1, 0.15) is 35.0 Å². The van der Waals surface area contributed by atoms with Crippen molar-refractivity contribution in [2.45, 2.75) is 18.9 Å². The Kier molecular flexibility index (Phi) is 6.52. The van der Waals surface area contributed by atoms with Gasteiger partial charge in [0.05, 0.1) is 9.86 Å². The van der Waals surface area contributed by atoms with E-state index in [9.17, 15) is 9.59 Å². The van der Waals surface area contributed by atoms with E-state index in [-0.39, 0.29) is 11.5 Å². The van der Waals surface area contributed by atoms with Crippen LogP contribution in [0.25, 0.3) is 17.1 Å². The molecule has 0 saturated carbocycles. The standard InChI is InChI=1S/C22H27BrN8O2/c1-5-12-10-14(21(32)29-18(12)24-2)27-19-15-16(23)17(28-20(15)26-11-25-19)22(33)31-8-6-13(7-9-31)30(3)4/h5,10-11,13H,1,6-9H2,2-4H3,(H2,24,29,32)(H2,25,26,27,28). The molecule has 0 bridgehead atoms. The topological polar surface area (TPSA) is 122 Å². The molecule has 4 rings (SSSR count). The van der Waals surface area contributed by atoms with Crippen LogP contribution in [0.3, 0.4) is 0 Å². The van der Waals surface area contributed by atoms with Gasteiger partial charge < -0.3 is 30.4 Å². The van der Waals surface area contributed by atoms with Gasteiger partial charge in [-0.2, -0.15) is 0 Å². The SMILES string of the molecule is C=Cc1cc(Nc2ncnc3[nH]c(C(=O)N4CCC(N(C)C)CC4)c(Br)c23)c(=O)[nH]c1NC. The number of fused-ring (bicyclic) bond motifs is 1. The minimum Gasteiger partial charge on any atom is -0.374 e. The van der Waals surface area contributed by atoms with Crippen LogP contribution in [0.15, 0.2) is 28.2 Å². The van der Waals surface area contributed by atoms with Crippen LogP contribution in [0.2, 0.25) is 0 Å². The Morgan fingerprint density at radius 2 is 2.03 bits per heavy atom. The smallest absolute Gasteiger partial charge is 0.273 e. The van der Waals surface area contributed by atoms with Crippen LogP contribution >= 0.6 is 15.9 Å². The molecule has 1 fully saturated rings. The van der Waals surface area contributed by atoms with Gasteiger partial charge in [0.15, 0.2) is 0 Å². The molecule has 0 radical (unpaired) electrons. The fraction of sp³-hybridized carbons (Fsp3) is 0.364. The summed E-state index contributed by atoms with van der Waals surface area (Å²) >= 11 is 3.57. The first-order valence-corrected chi connectivity index (χ1v) is 11.5. The van der Waals surface area contributed by atoms with Crippen LogP contribution in [0.5, 0.6) is 0 Å². The molecule has 1 aliphatic heterocycles. The van der Waals surface area contributed by atoms with Crippen molar-refractivity contribution in [3.8, 4) is 0 Å². The third kappa shape index (κ3) is 4.38. The lowest BCUT2D eigenvalue weighted by atomic mass is 10.0. The number of pyridine rings is 1. The number of carbonyl (C=O) groups excluding carboxylic acids is 1. The molecular weight excluding hydrogens is 488 g/mol. The van der Waals surface area contributed by atoms with Gasteiger partial charge in [-0.05, 0) is 48.9 Å². The second-order valence-electron chi connectivity index (χ2n) is 8.17. The van der Waals surface area contributed by atoms with Crippen molar-refractivity contribution in [2.24, 2.45) is 0 Å². The number of anilines is 3. The van der Waals surface area contributed by atoms with Crippen LogP contribution < -0.4 is 16.2 Å². The summed E-state index contributed by atoms with van der Waals surface area (Å²) < 4.78 is 0.563. The number of nitrogens with one attached hydrogen (secondary N) is 4. The van der Waals surface area contributed by atoms with E-state index in [1.54, 1.807) is 19.2 Å². The van der Waals surface area contributed by atoms with E-state index in [0.29, 0.717) is 57.7 Å². The average molecular weight is 515 g/mol. The van der Waals surface area contributed by atoms with Crippen molar-refractivity contribution in [1.82, 2.24) is 29.7 Å². The quantitative estimate of drug-likeness (QED) is 0.398. The first kappa shape index (κ1) is 23.0. The number of aromatic nitrogens is 4. The average Bonchev–Trinajstić information content (AvgIpc) is 3.16. The predicted molar refractivity (Wildman–Crippen MR) is 134 cm³/mol. The van der Waals surface area contributed by atoms with Crippen molar-refractivity contribution in [2.75, 3.05) is 44.9 Å². The molecule has 174 valence electrons. The minimum absolute atomic E-state index is 0.0896. The zero-order valence-corrected chi connectivity index (χ0v) is 20.4. The third-order valence-electron chi connectivity index (χ3n) is 6.02. The number of likely N-dealkylation sites (tertiary alicyclic amines) is 1. The second-order valence-corrected chi connectivity index (χ2v) is 8.96. The molecule has 4 N–H and O–H groups in total. The molecule has 11 heteroatoms. The highest BCUT2D eigenvalue weighted by Crippen LogP contribution is 2.33. The van der Waals surface area contributed by atoms with Gasteiger partial charge in [0.2, 0.25) is 0 Å².